The minimum absolute atomic E-state index is 0.150. The number of carboxylic acids is 1. The van der Waals surface area contributed by atoms with Crippen molar-refractivity contribution in [2.45, 2.75) is 13.3 Å². The Morgan fingerprint density at radius 3 is 2.71 bits per heavy atom. The Bertz CT molecular complexity index is 529. The highest BCUT2D eigenvalue weighted by atomic mass is 19.1. The average Bonchev–Trinajstić information content (AvgIpc) is 2.39. The highest BCUT2D eigenvalue weighted by molar-refractivity contribution is 5.90. The zero-order chi connectivity index (χ0) is 15.4. The highest BCUT2D eigenvalue weighted by Crippen LogP contribution is 2.24. The van der Waals surface area contributed by atoms with Crippen molar-refractivity contribution >= 4 is 17.6 Å². The monoisotopic (exact) mass is 294 g/mol. The van der Waals surface area contributed by atoms with Crippen molar-refractivity contribution in [3.8, 4) is 0 Å². The van der Waals surface area contributed by atoms with Crippen LogP contribution in [-0.2, 0) is 9.59 Å². The Morgan fingerprint density at radius 1 is 1.43 bits per heavy atom. The largest absolute Gasteiger partial charge is 0.481 e. The number of aliphatic carboxylic acids is 1. The number of likely N-dealkylation sites (tertiary alicyclic amines) is 1. The molecule has 6 heteroatoms. The van der Waals surface area contributed by atoms with Crippen LogP contribution in [-0.4, -0.2) is 41.5 Å². The molecule has 2 rings (SSSR count). The van der Waals surface area contributed by atoms with E-state index in [9.17, 15) is 14.0 Å². The lowest BCUT2D eigenvalue weighted by Crippen LogP contribution is -2.51. The third kappa shape index (κ3) is 4.01. The number of halogens is 1. The summed E-state index contributed by atoms with van der Waals surface area (Å²) in [5.41, 5.74) is 0.184. The van der Waals surface area contributed by atoms with Gasteiger partial charge in [0, 0.05) is 26.1 Å². The number of carbonyl (C=O) groups excluding carboxylic acids is 1. The fourth-order valence-corrected chi connectivity index (χ4v) is 2.35. The van der Waals surface area contributed by atoms with E-state index >= 15 is 0 Å². The Kier molecular flexibility index (Phi) is 4.90. The van der Waals surface area contributed by atoms with Crippen molar-refractivity contribution < 1.29 is 19.1 Å². The maximum absolute atomic E-state index is 13.4. The van der Waals surface area contributed by atoms with Crippen molar-refractivity contribution in [1.82, 2.24) is 4.90 Å². The predicted molar refractivity (Wildman–Crippen MR) is 76.4 cm³/mol. The van der Waals surface area contributed by atoms with E-state index < -0.39 is 11.8 Å². The van der Waals surface area contributed by atoms with E-state index in [1.807, 2.05) is 4.90 Å². The lowest BCUT2D eigenvalue weighted by atomic mass is 9.87. The van der Waals surface area contributed by atoms with Crippen molar-refractivity contribution in [2.24, 2.45) is 11.8 Å². The minimum Gasteiger partial charge on any atom is -0.481 e. The van der Waals surface area contributed by atoms with Gasteiger partial charge >= 0.3 is 5.97 Å². The summed E-state index contributed by atoms with van der Waals surface area (Å²) in [6.45, 7) is 3.65. The first-order chi connectivity index (χ1) is 9.97. The van der Waals surface area contributed by atoms with Crippen LogP contribution in [0, 0.1) is 17.7 Å². The molecule has 5 nitrogen and oxygen atoms in total. The predicted octanol–water partition coefficient (Wildman–Crippen LogP) is 1.81. The maximum atomic E-state index is 13.4. The van der Waals surface area contributed by atoms with E-state index in [1.54, 1.807) is 19.1 Å². The van der Waals surface area contributed by atoms with Crippen LogP contribution in [0.2, 0.25) is 0 Å². The maximum Gasteiger partial charge on any atom is 0.306 e. The summed E-state index contributed by atoms with van der Waals surface area (Å²) >= 11 is 0. The molecular formula is C15H19FN2O3. The summed E-state index contributed by atoms with van der Waals surface area (Å²) in [7, 11) is 0. The molecule has 1 aliphatic heterocycles. The summed E-state index contributed by atoms with van der Waals surface area (Å²) in [6.07, 6.45) is 0.266. The van der Waals surface area contributed by atoms with Gasteiger partial charge in [-0.05, 0) is 18.1 Å². The molecular weight excluding hydrogens is 275 g/mol. The molecule has 114 valence electrons. The second kappa shape index (κ2) is 6.67. The van der Waals surface area contributed by atoms with Crippen molar-refractivity contribution in [3.63, 3.8) is 0 Å². The van der Waals surface area contributed by atoms with Crippen LogP contribution >= 0.6 is 0 Å². The quantitative estimate of drug-likeness (QED) is 0.839. The molecule has 0 aromatic heterocycles. The summed E-state index contributed by atoms with van der Waals surface area (Å²) in [6, 6.07) is 6.03. The fraction of sp³-hybridized carbons (Fsp3) is 0.467. The van der Waals surface area contributed by atoms with E-state index in [-0.39, 0.29) is 29.9 Å². The standard InChI is InChI=1S/C15H19FN2O3/c1-10(15(20)21)11-8-18(9-11)7-6-14(19)17-13-5-3-2-4-12(13)16/h2-5,10-11H,6-9H2,1H3,(H,17,19)(H,20,21). The lowest BCUT2D eigenvalue weighted by molar-refractivity contribution is -0.145. The SMILES string of the molecule is CC(C(=O)O)C1CN(CCC(=O)Nc2ccccc2F)C1. The summed E-state index contributed by atoms with van der Waals surface area (Å²) in [5, 5.41) is 11.4. The minimum atomic E-state index is -0.781. The van der Waals surface area contributed by atoms with Gasteiger partial charge in [-0.15, -0.1) is 0 Å². The van der Waals surface area contributed by atoms with Crippen LogP contribution in [0.1, 0.15) is 13.3 Å². The van der Waals surface area contributed by atoms with Crippen LogP contribution in [0.5, 0.6) is 0 Å². The molecule has 21 heavy (non-hydrogen) atoms. The van der Waals surface area contributed by atoms with Crippen LogP contribution in [0.3, 0.4) is 0 Å². The van der Waals surface area contributed by atoms with Gasteiger partial charge in [0.25, 0.3) is 0 Å². The number of para-hydroxylation sites is 1. The zero-order valence-electron chi connectivity index (χ0n) is 11.9. The van der Waals surface area contributed by atoms with Gasteiger partial charge in [-0.3, -0.25) is 9.59 Å². The molecule has 0 spiro atoms. The highest BCUT2D eigenvalue weighted by Gasteiger charge is 2.34. The lowest BCUT2D eigenvalue weighted by Gasteiger charge is -2.41. The number of amides is 1. The molecule has 0 radical (unpaired) electrons. The van der Waals surface area contributed by atoms with Crippen LogP contribution in [0.4, 0.5) is 10.1 Å². The van der Waals surface area contributed by atoms with Gasteiger partial charge in [0.2, 0.25) is 5.91 Å². The number of hydrogen-bond acceptors (Lipinski definition) is 3. The van der Waals surface area contributed by atoms with Gasteiger partial charge in [-0.1, -0.05) is 19.1 Å². The molecule has 1 aromatic rings. The van der Waals surface area contributed by atoms with Gasteiger partial charge in [0.15, 0.2) is 0 Å². The van der Waals surface area contributed by atoms with Gasteiger partial charge in [0.1, 0.15) is 5.82 Å². The first-order valence-corrected chi connectivity index (χ1v) is 6.97. The van der Waals surface area contributed by atoms with E-state index in [0.717, 1.165) is 0 Å². The third-order valence-electron chi connectivity index (χ3n) is 3.89. The number of nitrogens with one attached hydrogen (secondary N) is 1. The Morgan fingerprint density at radius 2 is 2.10 bits per heavy atom. The molecule has 1 saturated heterocycles. The first kappa shape index (κ1) is 15.4. The number of rotatable bonds is 6. The van der Waals surface area contributed by atoms with E-state index in [1.165, 1.54) is 12.1 Å². The molecule has 0 saturated carbocycles. The van der Waals surface area contributed by atoms with Gasteiger partial charge in [0.05, 0.1) is 11.6 Å². The molecule has 1 heterocycles. The number of hydrogen-bond donors (Lipinski definition) is 2. The molecule has 1 atom stereocenters. The number of nitrogens with zero attached hydrogens (tertiary/aromatic N) is 1. The number of benzene rings is 1. The van der Waals surface area contributed by atoms with E-state index in [0.29, 0.717) is 19.6 Å². The smallest absolute Gasteiger partial charge is 0.306 e. The molecule has 1 amide bonds. The summed E-state index contributed by atoms with van der Waals surface area (Å²) in [5.74, 6) is -1.68. The Labute approximate surface area is 122 Å². The zero-order valence-corrected chi connectivity index (χ0v) is 11.9. The van der Waals surface area contributed by atoms with Gasteiger partial charge < -0.3 is 15.3 Å². The number of anilines is 1. The second-order valence-corrected chi connectivity index (χ2v) is 5.42. The molecule has 1 unspecified atom stereocenters. The molecule has 1 aromatic carbocycles. The molecule has 1 fully saturated rings. The van der Waals surface area contributed by atoms with Crippen molar-refractivity contribution in [1.29, 1.82) is 0 Å². The molecule has 0 aliphatic carbocycles. The van der Waals surface area contributed by atoms with Gasteiger partial charge in [-0.2, -0.15) is 0 Å². The first-order valence-electron chi connectivity index (χ1n) is 6.97. The summed E-state index contributed by atoms with van der Waals surface area (Å²) in [4.78, 5) is 24.6. The topological polar surface area (TPSA) is 69.6 Å². The van der Waals surface area contributed by atoms with Crippen LogP contribution in [0.25, 0.3) is 0 Å². The normalized spacial score (nSPS) is 17.0. The molecule has 2 N–H and O–H groups in total. The number of carbonyl (C=O) groups is 2. The van der Waals surface area contributed by atoms with Gasteiger partial charge in [-0.25, -0.2) is 4.39 Å². The van der Waals surface area contributed by atoms with Crippen LogP contribution < -0.4 is 5.32 Å². The second-order valence-electron chi connectivity index (χ2n) is 5.42. The number of carboxylic acid groups (broad SMARTS) is 1. The van der Waals surface area contributed by atoms with Crippen molar-refractivity contribution in [2.75, 3.05) is 25.0 Å². The Hall–Kier alpha value is -1.95. The van der Waals surface area contributed by atoms with E-state index in [4.69, 9.17) is 5.11 Å². The average molecular weight is 294 g/mol. The fourth-order valence-electron chi connectivity index (χ4n) is 2.35. The molecule has 0 bridgehead atoms. The van der Waals surface area contributed by atoms with Crippen molar-refractivity contribution in [3.05, 3.63) is 30.1 Å². The Balaban J connectivity index is 1.70. The molecule has 1 aliphatic rings. The summed E-state index contributed by atoms with van der Waals surface area (Å²) < 4.78 is 13.4. The third-order valence-corrected chi connectivity index (χ3v) is 3.89. The van der Waals surface area contributed by atoms with Crippen LogP contribution in [0.15, 0.2) is 24.3 Å². The van der Waals surface area contributed by atoms with E-state index in [2.05, 4.69) is 5.32 Å².